The molecule has 108 valence electrons. The zero-order chi connectivity index (χ0) is 14.4. The molecule has 4 heteroatoms. The summed E-state index contributed by atoms with van der Waals surface area (Å²) in [5.74, 6) is 0.459. The van der Waals surface area contributed by atoms with E-state index in [2.05, 4.69) is 12.2 Å². The minimum atomic E-state index is -0.161. The van der Waals surface area contributed by atoms with Gasteiger partial charge in [-0.2, -0.15) is 0 Å². The molecular formula is C16H21NO3. The van der Waals surface area contributed by atoms with Gasteiger partial charge in [-0.15, -0.1) is 0 Å². The maximum Gasteiger partial charge on any atom is 0.230 e. The normalized spacial score (nSPS) is 18.8. The molecule has 0 saturated carbocycles. The zero-order valence-electron chi connectivity index (χ0n) is 11.9. The van der Waals surface area contributed by atoms with Crippen LogP contribution in [0.15, 0.2) is 24.3 Å². The number of hydrogen-bond donors (Lipinski definition) is 1. The summed E-state index contributed by atoms with van der Waals surface area (Å²) in [5, 5.41) is 2.39. The number of rotatable bonds is 6. The van der Waals surface area contributed by atoms with Gasteiger partial charge in [-0.1, -0.05) is 25.5 Å². The van der Waals surface area contributed by atoms with Crippen LogP contribution in [0.1, 0.15) is 38.2 Å². The largest absolute Gasteiger partial charge is 0.494 e. The van der Waals surface area contributed by atoms with Gasteiger partial charge in [-0.05, 0) is 37.0 Å². The van der Waals surface area contributed by atoms with Gasteiger partial charge in [-0.3, -0.25) is 14.9 Å². The second-order valence-corrected chi connectivity index (χ2v) is 5.20. The number of unbranched alkanes of at least 4 members (excludes halogenated alkanes) is 1. The molecule has 0 aromatic heterocycles. The Bertz CT molecular complexity index is 467. The first kappa shape index (κ1) is 14.6. The van der Waals surface area contributed by atoms with Crippen molar-refractivity contribution in [2.45, 2.75) is 39.0 Å². The Morgan fingerprint density at radius 2 is 2.00 bits per heavy atom. The molecule has 1 fully saturated rings. The molecule has 2 amide bonds. The van der Waals surface area contributed by atoms with E-state index in [0.717, 1.165) is 30.8 Å². The Morgan fingerprint density at radius 1 is 1.25 bits per heavy atom. The van der Waals surface area contributed by atoms with Crippen LogP contribution in [0.25, 0.3) is 0 Å². The van der Waals surface area contributed by atoms with E-state index in [9.17, 15) is 9.59 Å². The number of nitrogens with one attached hydrogen (secondary N) is 1. The smallest absolute Gasteiger partial charge is 0.230 e. The van der Waals surface area contributed by atoms with Gasteiger partial charge in [0.2, 0.25) is 11.8 Å². The predicted molar refractivity (Wildman–Crippen MR) is 76.4 cm³/mol. The van der Waals surface area contributed by atoms with E-state index in [-0.39, 0.29) is 17.7 Å². The molecule has 1 aromatic rings. The van der Waals surface area contributed by atoms with Gasteiger partial charge in [-0.25, -0.2) is 0 Å². The van der Waals surface area contributed by atoms with Crippen molar-refractivity contribution < 1.29 is 14.3 Å². The van der Waals surface area contributed by atoms with E-state index in [0.29, 0.717) is 19.3 Å². The van der Waals surface area contributed by atoms with E-state index >= 15 is 0 Å². The van der Waals surface area contributed by atoms with Gasteiger partial charge >= 0.3 is 0 Å². The maximum atomic E-state index is 11.7. The van der Waals surface area contributed by atoms with Gasteiger partial charge in [0.15, 0.2) is 0 Å². The predicted octanol–water partition coefficient (Wildman–Crippen LogP) is 2.46. The van der Waals surface area contributed by atoms with Gasteiger partial charge in [0.25, 0.3) is 0 Å². The number of hydrogen-bond acceptors (Lipinski definition) is 3. The van der Waals surface area contributed by atoms with Crippen molar-refractivity contribution in [2.24, 2.45) is 5.92 Å². The summed E-state index contributed by atoms with van der Waals surface area (Å²) in [6, 6.07) is 7.86. The van der Waals surface area contributed by atoms with Crippen LogP contribution in [-0.4, -0.2) is 18.4 Å². The summed E-state index contributed by atoms with van der Waals surface area (Å²) < 4.78 is 5.60. The molecule has 1 atom stereocenters. The fourth-order valence-electron chi connectivity index (χ4n) is 2.27. The molecule has 1 aliphatic rings. The second kappa shape index (κ2) is 7.08. The van der Waals surface area contributed by atoms with Crippen LogP contribution in [-0.2, 0) is 16.0 Å². The molecule has 0 aliphatic carbocycles. The third-order valence-corrected chi connectivity index (χ3v) is 3.53. The Balaban J connectivity index is 1.87. The van der Waals surface area contributed by atoms with Gasteiger partial charge in [0.05, 0.1) is 6.61 Å². The summed E-state index contributed by atoms with van der Waals surface area (Å²) in [6.07, 6.45) is 3.92. The number of benzene rings is 1. The minimum absolute atomic E-state index is 0.0976. The molecular weight excluding hydrogens is 254 g/mol. The highest BCUT2D eigenvalue weighted by molar-refractivity contribution is 5.98. The summed E-state index contributed by atoms with van der Waals surface area (Å²) in [6.45, 7) is 2.87. The molecule has 0 bridgehead atoms. The fraction of sp³-hybridized carbons (Fsp3) is 0.500. The quantitative estimate of drug-likeness (QED) is 0.641. The van der Waals surface area contributed by atoms with Crippen LogP contribution in [0.3, 0.4) is 0 Å². The molecule has 1 saturated heterocycles. The third-order valence-electron chi connectivity index (χ3n) is 3.53. The summed E-state index contributed by atoms with van der Waals surface area (Å²) in [5.41, 5.74) is 1.10. The van der Waals surface area contributed by atoms with Crippen molar-refractivity contribution >= 4 is 11.8 Å². The van der Waals surface area contributed by atoms with Crippen LogP contribution in [0.4, 0.5) is 0 Å². The highest BCUT2D eigenvalue weighted by Gasteiger charge is 2.26. The standard InChI is InChI=1S/C16H21NO3/c1-2-3-10-20-14-7-4-12(5-8-14)11-13-6-9-15(18)17-16(13)19/h4-5,7-8,13H,2-3,6,9-11H2,1H3,(H,17,18,19)/t13-/m0/s1. The Kier molecular flexibility index (Phi) is 5.16. The maximum absolute atomic E-state index is 11.7. The summed E-state index contributed by atoms with van der Waals surface area (Å²) in [4.78, 5) is 22.8. The molecule has 0 radical (unpaired) electrons. The lowest BCUT2D eigenvalue weighted by molar-refractivity contribution is -0.136. The van der Waals surface area contributed by atoms with Gasteiger partial charge in [0, 0.05) is 12.3 Å². The fourth-order valence-corrected chi connectivity index (χ4v) is 2.27. The number of ether oxygens (including phenoxy) is 1. The van der Waals surface area contributed by atoms with E-state index < -0.39 is 0 Å². The first-order valence-electron chi connectivity index (χ1n) is 7.24. The molecule has 1 N–H and O–H groups in total. The summed E-state index contributed by atoms with van der Waals surface area (Å²) in [7, 11) is 0. The lowest BCUT2D eigenvalue weighted by Gasteiger charge is -2.20. The van der Waals surface area contributed by atoms with E-state index in [1.807, 2.05) is 24.3 Å². The molecule has 1 heterocycles. The van der Waals surface area contributed by atoms with Crippen LogP contribution < -0.4 is 10.1 Å². The number of imide groups is 1. The zero-order valence-corrected chi connectivity index (χ0v) is 11.9. The average Bonchev–Trinajstić information content (AvgIpc) is 2.44. The average molecular weight is 275 g/mol. The first-order chi connectivity index (χ1) is 9.69. The van der Waals surface area contributed by atoms with E-state index in [1.54, 1.807) is 0 Å². The highest BCUT2D eigenvalue weighted by atomic mass is 16.5. The SMILES string of the molecule is CCCCOc1ccc(C[C@@H]2CCC(=O)NC2=O)cc1. The Labute approximate surface area is 119 Å². The molecule has 4 nitrogen and oxygen atoms in total. The van der Waals surface area contributed by atoms with Gasteiger partial charge < -0.3 is 4.74 Å². The van der Waals surface area contributed by atoms with Crippen LogP contribution in [0, 0.1) is 5.92 Å². The highest BCUT2D eigenvalue weighted by Crippen LogP contribution is 2.20. The first-order valence-corrected chi connectivity index (χ1v) is 7.24. The number of carbonyl (C=O) groups is 2. The Morgan fingerprint density at radius 3 is 2.65 bits per heavy atom. The third kappa shape index (κ3) is 4.08. The lowest BCUT2D eigenvalue weighted by Crippen LogP contribution is -2.41. The van der Waals surface area contributed by atoms with Crippen molar-refractivity contribution in [3.63, 3.8) is 0 Å². The van der Waals surface area contributed by atoms with Crippen LogP contribution >= 0.6 is 0 Å². The monoisotopic (exact) mass is 275 g/mol. The van der Waals surface area contributed by atoms with Crippen LogP contribution in [0.5, 0.6) is 5.75 Å². The van der Waals surface area contributed by atoms with Crippen molar-refractivity contribution in [1.29, 1.82) is 0 Å². The molecule has 0 unspecified atom stereocenters. The molecule has 1 aliphatic heterocycles. The Hall–Kier alpha value is -1.84. The van der Waals surface area contributed by atoms with Crippen molar-refractivity contribution in [1.82, 2.24) is 5.32 Å². The van der Waals surface area contributed by atoms with E-state index in [4.69, 9.17) is 4.74 Å². The number of piperidine rings is 1. The molecule has 1 aromatic carbocycles. The molecule has 2 rings (SSSR count). The van der Waals surface area contributed by atoms with Gasteiger partial charge in [0.1, 0.15) is 5.75 Å². The minimum Gasteiger partial charge on any atom is -0.494 e. The molecule has 20 heavy (non-hydrogen) atoms. The van der Waals surface area contributed by atoms with Crippen molar-refractivity contribution in [3.05, 3.63) is 29.8 Å². The lowest BCUT2D eigenvalue weighted by atomic mass is 9.91. The second-order valence-electron chi connectivity index (χ2n) is 5.20. The summed E-state index contributed by atoms with van der Waals surface area (Å²) >= 11 is 0. The number of amides is 2. The van der Waals surface area contributed by atoms with Crippen molar-refractivity contribution in [2.75, 3.05) is 6.61 Å². The topological polar surface area (TPSA) is 55.4 Å². The molecule has 0 spiro atoms. The number of carbonyl (C=O) groups excluding carboxylic acids is 2. The van der Waals surface area contributed by atoms with Crippen molar-refractivity contribution in [3.8, 4) is 5.75 Å². The van der Waals surface area contributed by atoms with Crippen LogP contribution in [0.2, 0.25) is 0 Å². The van der Waals surface area contributed by atoms with E-state index in [1.165, 1.54) is 0 Å².